The zero-order chi connectivity index (χ0) is 22.1. The van der Waals surface area contributed by atoms with Gasteiger partial charge in [0.25, 0.3) is 0 Å². The molecule has 2 aromatic carbocycles. The number of hydrogen-bond donors (Lipinski definition) is 3. The fourth-order valence-corrected chi connectivity index (χ4v) is 3.99. The highest BCUT2D eigenvalue weighted by Crippen LogP contribution is 2.19. The molecule has 8 heteroatoms. The number of carbonyl (C=O) groups is 1. The summed E-state index contributed by atoms with van der Waals surface area (Å²) in [6.07, 6.45) is 2.78. The van der Waals surface area contributed by atoms with E-state index in [0.717, 1.165) is 31.6 Å². The van der Waals surface area contributed by atoms with Crippen LogP contribution in [0.4, 0.5) is 4.39 Å². The van der Waals surface area contributed by atoms with E-state index in [1.807, 2.05) is 6.07 Å². The number of nitrogens with zero attached hydrogens (tertiary/aromatic N) is 2. The summed E-state index contributed by atoms with van der Waals surface area (Å²) in [6, 6.07) is 17.1. The molecule has 2 aromatic rings. The van der Waals surface area contributed by atoms with Crippen LogP contribution in [0.25, 0.3) is 0 Å². The van der Waals surface area contributed by atoms with Gasteiger partial charge in [-0.15, -0.1) is 24.0 Å². The van der Waals surface area contributed by atoms with E-state index in [2.05, 4.69) is 44.8 Å². The van der Waals surface area contributed by atoms with Crippen LogP contribution in [-0.2, 0) is 17.8 Å². The lowest BCUT2D eigenvalue weighted by atomic mass is 9.98. The van der Waals surface area contributed by atoms with Gasteiger partial charge in [0, 0.05) is 32.7 Å². The van der Waals surface area contributed by atoms with Crippen molar-refractivity contribution in [1.82, 2.24) is 15.5 Å². The Labute approximate surface area is 206 Å². The van der Waals surface area contributed by atoms with Gasteiger partial charge >= 0.3 is 0 Å². The van der Waals surface area contributed by atoms with Crippen molar-refractivity contribution in [1.29, 1.82) is 0 Å². The van der Waals surface area contributed by atoms with Crippen LogP contribution in [0, 0.1) is 11.7 Å². The van der Waals surface area contributed by atoms with Crippen LogP contribution in [0.1, 0.15) is 24.0 Å². The number of aliphatic imine (C=N–C) groups is 1. The van der Waals surface area contributed by atoms with Crippen molar-refractivity contribution in [3.05, 3.63) is 71.5 Å². The molecule has 0 spiro atoms. The molecular weight excluding hydrogens is 520 g/mol. The molecule has 174 valence electrons. The number of hydrogen-bond acceptors (Lipinski definition) is 3. The van der Waals surface area contributed by atoms with Gasteiger partial charge in [0.05, 0.1) is 5.92 Å². The number of primary amides is 1. The summed E-state index contributed by atoms with van der Waals surface area (Å²) in [5, 5.41) is 6.60. The highest BCUT2D eigenvalue weighted by Gasteiger charge is 2.24. The average Bonchev–Trinajstić information content (AvgIpc) is 3.21. The van der Waals surface area contributed by atoms with Crippen molar-refractivity contribution in [2.45, 2.75) is 31.8 Å². The summed E-state index contributed by atoms with van der Waals surface area (Å²) in [7, 11) is 1.71. The second-order valence-electron chi connectivity index (χ2n) is 8.02. The molecule has 1 heterocycles. The molecule has 1 aliphatic rings. The SMILES string of the molecule is CN=C(NCC(Cc1ccc(F)cc1)C(N)=O)NCC1CCCN1Cc1ccccc1.I. The van der Waals surface area contributed by atoms with Gasteiger partial charge in [-0.05, 0) is 49.1 Å². The second-order valence-corrected chi connectivity index (χ2v) is 8.02. The number of benzene rings is 2. The maximum absolute atomic E-state index is 13.1. The summed E-state index contributed by atoms with van der Waals surface area (Å²) in [6.45, 7) is 3.19. The van der Waals surface area contributed by atoms with Crippen LogP contribution in [0.3, 0.4) is 0 Å². The van der Waals surface area contributed by atoms with E-state index >= 15 is 0 Å². The molecule has 2 atom stereocenters. The number of nitrogens with one attached hydrogen (secondary N) is 2. The fourth-order valence-electron chi connectivity index (χ4n) is 3.99. The Kier molecular flexibility index (Phi) is 10.9. The molecule has 1 fully saturated rings. The third-order valence-corrected chi connectivity index (χ3v) is 5.77. The molecule has 4 N–H and O–H groups in total. The maximum Gasteiger partial charge on any atom is 0.222 e. The van der Waals surface area contributed by atoms with Gasteiger partial charge in [-0.3, -0.25) is 14.7 Å². The Balaban J connectivity index is 0.00000363. The standard InChI is InChI=1S/C24H32FN5O.HI/c1-27-24(28-15-20(23(26)31)14-18-9-11-21(25)12-10-18)29-16-22-8-5-13-30(22)17-19-6-3-2-4-7-19;/h2-4,6-7,9-12,20,22H,5,8,13-17H2,1H3,(H2,26,31)(H2,27,28,29);1H. The van der Waals surface area contributed by atoms with Crippen LogP contribution in [0.15, 0.2) is 59.6 Å². The van der Waals surface area contributed by atoms with E-state index < -0.39 is 11.8 Å². The number of amides is 1. The molecular formula is C24H33FIN5O. The third-order valence-electron chi connectivity index (χ3n) is 5.77. The van der Waals surface area contributed by atoms with Gasteiger partial charge in [0.2, 0.25) is 5.91 Å². The van der Waals surface area contributed by atoms with Gasteiger partial charge < -0.3 is 16.4 Å². The van der Waals surface area contributed by atoms with Crippen molar-refractivity contribution in [3.63, 3.8) is 0 Å². The summed E-state index contributed by atoms with van der Waals surface area (Å²) in [4.78, 5) is 18.7. The van der Waals surface area contributed by atoms with E-state index in [1.165, 1.54) is 24.1 Å². The second kappa shape index (κ2) is 13.4. The first-order chi connectivity index (χ1) is 15.0. The molecule has 1 saturated heterocycles. The predicted octanol–water partition coefficient (Wildman–Crippen LogP) is 2.92. The van der Waals surface area contributed by atoms with Gasteiger partial charge in [-0.1, -0.05) is 42.5 Å². The zero-order valence-corrected chi connectivity index (χ0v) is 20.8. The fraction of sp³-hybridized carbons (Fsp3) is 0.417. The van der Waals surface area contributed by atoms with Gasteiger partial charge in [0.15, 0.2) is 5.96 Å². The first-order valence-electron chi connectivity index (χ1n) is 10.8. The minimum atomic E-state index is -0.412. The maximum atomic E-state index is 13.1. The molecule has 1 aliphatic heterocycles. The van der Waals surface area contributed by atoms with E-state index in [1.54, 1.807) is 19.2 Å². The van der Waals surface area contributed by atoms with Crippen LogP contribution in [0.2, 0.25) is 0 Å². The average molecular weight is 553 g/mol. The smallest absolute Gasteiger partial charge is 0.222 e. The van der Waals surface area contributed by atoms with Gasteiger partial charge in [0.1, 0.15) is 5.82 Å². The molecule has 0 saturated carbocycles. The summed E-state index contributed by atoms with van der Waals surface area (Å²) < 4.78 is 13.1. The van der Waals surface area contributed by atoms with E-state index in [9.17, 15) is 9.18 Å². The zero-order valence-electron chi connectivity index (χ0n) is 18.5. The summed E-state index contributed by atoms with van der Waals surface area (Å²) in [5.41, 5.74) is 7.78. The molecule has 2 unspecified atom stereocenters. The lowest BCUT2D eigenvalue weighted by Crippen LogP contribution is -2.47. The number of carbonyl (C=O) groups excluding carboxylic acids is 1. The quantitative estimate of drug-likeness (QED) is 0.254. The number of nitrogens with two attached hydrogens (primary N) is 1. The topological polar surface area (TPSA) is 82.7 Å². The van der Waals surface area contributed by atoms with Crippen LogP contribution < -0.4 is 16.4 Å². The van der Waals surface area contributed by atoms with Crippen LogP contribution in [0.5, 0.6) is 0 Å². The largest absolute Gasteiger partial charge is 0.369 e. The molecule has 6 nitrogen and oxygen atoms in total. The van der Waals surface area contributed by atoms with Gasteiger partial charge in [-0.2, -0.15) is 0 Å². The molecule has 3 rings (SSSR count). The third kappa shape index (κ3) is 8.05. The molecule has 0 aromatic heterocycles. The van der Waals surface area contributed by atoms with Crippen molar-refractivity contribution in [3.8, 4) is 0 Å². The Morgan fingerprint density at radius 1 is 1.16 bits per heavy atom. The minimum absolute atomic E-state index is 0. The van der Waals surface area contributed by atoms with Crippen molar-refractivity contribution in [2.75, 3.05) is 26.7 Å². The molecule has 0 aliphatic carbocycles. The van der Waals surface area contributed by atoms with Crippen LogP contribution in [-0.4, -0.2) is 49.5 Å². The Bertz CT molecular complexity index is 862. The first-order valence-corrected chi connectivity index (χ1v) is 10.8. The summed E-state index contributed by atoms with van der Waals surface area (Å²) in [5.74, 6) is -0.450. The highest BCUT2D eigenvalue weighted by molar-refractivity contribution is 14.0. The van der Waals surface area contributed by atoms with Gasteiger partial charge in [-0.25, -0.2) is 4.39 Å². The molecule has 0 bridgehead atoms. The Morgan fingerprint density at radius 2 is 1.88 bits per heavy atom. The number of guanidine groups is 1. The van der Waals surface area contributed by atoms with E-state index in [0.29, 0.717) is 25.0 Å². The predicted molar refractivity (Wildman–Crippen MR) is 137 cm³/mol. The Morgan fingerprint density at radius 3 is 2.53 bits per heavy atom. The number of rotatable bonds is 9. The van der Waals surface area contributed by atoms with E-state index in [4.69, 9.17) is 5.73 Å². The lowest BCUT2D eigenvalue weighted by molar-refractivity contribution is -0.121. The van der Waals surface area contributed by atoms with Crippen molar-refractivity contribution >= 4 is 35.8 Å². The Hall–Kier alpha value is -2.20. The van der Waals surface area contributed by atoms with Crippen molar-refractivity contribution in [2.24, 2.45) is 16.6 Å². The van der Waals surface area contributed by atoms with E-state index in [-0.39, 0.29) is 29.8 Å². The lowest BCUT2D eigenvalue weighted by Gasteiger charge is -2.26. The van der Waals surface area contributed by atoms with Crippen molar-refractivity contribution < 1.29 is 9.18 Å². The first kappa shape index (κ1) is 26.1. The van der Waals surface area contributed by atoms with Crippen LogP contribution >= 0.6 is 24.0 Å². The summed E-state index contributed by atoms with van der Waals surface area (Å²) >= 11 is 0. The minimum Gasteiger partial charge on any atom is -0.369 e. The highest BCUT2D eigenvalue weighted by atomic mass is 127. The number of likely N-dealkylation sites (tertiary alicyclic amines) is 1. The molecule has 0 radical (unpaired) electrons. The normalized spacial score (nSPS) is 17.4. The monoisotopic (exact) mass is 553 g/mol. The molecule has 32 heavy (non-hydrogen) atoms. The number of halogens is 2. The molecule has 1 amide bonds.